The van der Waals surface area contributed by atoms with Gasteiger partial charge in [-0.25, -0.2) is 4.98 Å². The number of hydrogen-bond donors (Lipinski definition) is 2. The Kier molecular flexibility index (Phi) is 5.17. The van der Waals surface area contributed by atoms with Crippen LogP contribution in [-0.4, -0.2) is 17.4 Å². The summed E-state index contributed by atoms with van der Waals surface area (Å²) in [4.78, 5) is 16.6. The van der Waals surface area contributed by atoms with Crippen LogP contribution in [0.3, 0.4) is 0 Å². The van der Waals surface area contributed by atoms with E-state index in [2.05, 4.69) is 22.5 Å². The first-order valence-electron chi connectivity index (χ1n) is 6.88. The highest BCUT2D eigenvalue weighted by molar-refractivity contribution is 6.31. The van der Waals surface area contributed by atoms with Crippen molar-refractivity contribution in [3.63, 3.8) is 0 Å². The van der Waals surface area contributed by atoms with Crippen LogP contribution in [0.5, 0.6) is 0 Å². The Morgan fingerprint density at radius 3 is 2.86 bits per heavy atom. The second kappa shape index (κ2) is 7.09. The summed E-state index contributed by atoms with van der Waals surface area (Å²) in [5, 5.41) is 6.58. The Bertz CT molecular complexity index is 643. The second-order valence-electron chi connectivity index (χ2n) is 4.74. The smallest absolute Gasteiger partial charge is 0.258 e. The van der Waals surface area contributed by atoms with Gasteiger partial charge in [0.15, 0.2) is 0 Å². The van der Waals surface area contributed by atoms with Crippen molar-refractivity contribution < 1.29 is 4.79 Å². The van der Waals surface area contributed by atoms with Gasteiger partial charge in [0.1, 0.15) is 5.82 Å². The van der Waals surface area contributed by atoms with Crippen LogP contribution >= 0.6 is 11.6 Å². The molecule has 4 nitrogen and oxygen atoms in total. The molecule has 0 radical (unpaired) electrons. The van der Waals surface area contributed by atoms with Crippen LogP contribution in [0.1, 0.15) is 29.3 Å². The summed E-state index contributed by atoms with van der Waals surface area (Å²) < 4.78 is 0. The number of aryl methyl sites for hydroxylation is 1. The van der Waals surface area contributed by atoms with E-state index in [-0.39, 0.29) is 5.91 Å². The Morgan fingerprint density at radius 1 is 1.33 bits per heavy atom. The van der Waals surface area contributed by atoms with Gasteiger partial charge in [-0.3, -0.25) is 4.79 Å². The highest BCUT2D eigenvalue weighted by Crippen LogP contribution is 2.22. The number of carbonyl (C=O) groups excluding carboxylic acids is 1. The zero-order valence-electron chi connectivity index (χ0n) is 12.1. The third-order valence-electron chi connectivity index (χ3n) is 3.03. The lowest BCUT2D eigenvalue weighted by Crippen LogP contribution is -2.16. The summed E-state index contributed by atoms with van der Waals surface area (Å²) in [6.07, 6.45) is 2.62. The van der Waals surface area contributed by atoms with E-state index in [9.17, 15) is 4.79 Å². The van der Waals surface area contributed by atoms with Crippen molar-refractivity contribution in [3.8, 4) is 0 Å². The van der Waals surface area contributed by atoms with Gasteiger partial charge in [0.05, 0.1) is 5.56 Å². The van der Waals surface area contributed by atoms with Gasteiger partial charge in [0, 0.05) is 23.5 Å². The van der Waals surface area contributed by atoms with E-state index in [1.807, 2.05) is 25.1 Å². The topological polar surface area (TPSA) is 54.0 Å². The highest BCUT2D eigenvalue weighted by Gasteiger charge is 2.13. The van der Waals surface area contributed by atoms with Crippen LogP contribution in [0.15, 0.2) is 36.5 Å². The molecule has 0 aliphatic rings. The van der Waals surface area contributed by atoms with Gasteiger partial charge in [0.2, 0.25) is 0 Å². The predicted molar refractivity (Wildman–Crippen MR) is 87.2 cm³/mol. The maximum atomic E-state index is 12.5. The summed E-state index contributed by atoms with van der Waals surface area (Å²) in [6, 6.07) is 8.98. The molecule has 2 N–H and O–H groups in total. The number of benzene rings is 1. The van der Waals surface area contributed by atoms with Gasteiger partial charge in [-0.2, -0.15) is 0 Å². The largest absolute Gasteiger partial charge is 0.384 e. The van der Waals surface area contributed by atoms with E-state index in [0.29, 0.717) is 16.4 Å². The summed E-state index contributed by atoms with van der Waals surface area (Å²) >= 11 is 6.01. The maximum absolute atomic E-state index is 12.5. The number of aromatic nitrogens is 1. The molecule has 5 heteroatoms. The third kappa shape index (κ3) is 3.95. The predicted octanol–water partition coefficient (Wildman–Crippen LogP) is 4.12. The van der Waals surface area contributed by atoms with Crippen molar-refractivity contribution in [3.05, 3.63) is 52.7 Å². The lowest BCUT2D eigenvalue weighted by molar-refractivity contribution is 0.102. The number of anilines is 2. The Balaban J connectivity index is 2.25. The molecule has 1 amide bonds. The number of hydrogen-bond acceptors (Lipinski definition) is 3. The fourth-order valence-electron chi connectivity index (χ4n) is 1.91. The van der Waals surface area contributed by atoms with Crippen LogP contribution in [0.2, 0.25) is 5.02 Å². The molecule has 0 saturated heterocycles. The highest BCUT2D eigenvalue weighted by atomic mass is 35.5. The Morgan fingerprint density at radius 2 is 2.14 bits per heavy atom. The minimum absolute atomic E-state index is 0.224. The molecule has 0 unspecified atom stereocenters. The van der Waals surface area contributed by atoms with Crippen molar-refractivity contribution >= 4 is 29.0 Å². The van der Waals surface area contributed by atoms with E-state index in [0.717, 1.165) is 24.2 Å². The molecular formula is C16H18ClN3O. The van der Waals surface area contributed by atoms with E-state index in [1.54, 1.807) is 18.3 Å². The molecule has 1 aromatic carbocycles. The SMILES string of the molecule is CCCNc1ccc(Cl)cc1C(=O)Nc1ncccc1C. The van der Waals surface area contributed by atoms with Crippen molar-refractivity contribution in [1.29, 1.82) is 0 Å². The van der Waals surface area contributed by atoms with Gasteiger partial charge in [-0.05, 0) is 43.2 Å². The van der Waals surface area contributed by atoms with Crippen LogP contribution < -0.4 is 10.6 Å². The van der Waals surface area contributed by atoms with Crippen LogP contribution in [0.4, 0.5) is 11.5 Å². The second-order valence-corrected chi connectivity index (χ2v) is 5.18. The van der Waals surface area contributed by atoms with E-state index in [1.165, 1.54) is 0 Å². The molecule has 0 spiro atoms. The molecule has 0 aliphatic heterocycles. The molecule has 0 saturated carbocycles. The molecule has 110 valence electrons. The number of nitrogens with zero attached hydrogens (tertiary/aromatic N) is 1. The quantitative estimate of drug-likeness (QED) is 0.873. The number of nitrogens with one attached hydrogen (secondary N) is 2. The molecular weight excluding hydrogens is 286 g/mol. The first kappa shape index (κ1) is 15.3. The van der Waals surface area contributed by atoms with E-state index < -0.39 is 0 Å². The van der Waals surface area contributed by atoms with Crippen LogP contribution in [0, 0.1) is 6.92 Å². The summed E-state index contributed by atoms with van der Waals surface area (Å²) in [5.74, 6) is 0.335. The van der Waals surface area contributed by atoms with Crippen LogP contribution in [-0.2, 0) is 0 Å². The molecule has 0 fully saturated rings. The molecule has 0 aliphatic carbocycles. The lowest BCUT2D eigenvalue weighted by Gasteiger charge is -2.12. The minimum atomic E-state index is -0.224. The molecule has 1 heterocycles. The lowest BCUT2D eigenvalue weighted by atomic mass is 10.1. The van der Waals surface area contributed by atoms with Crippen molar-refractivity contribution in [2.45, 2.75) is 20.3 Å². The number of rotatable bonds is 5. The standard InChI is InChI=1S/C16H18ClN3O/c1-3-8-18-14-7-6-12(17)10-13(14)16(21)20-15-11(2)5-4-9-19-15/h4-7,9-10,18H,3,8H2,1-2H3,(H,19,20,21). The average molecular weight is 304 g/mol. The van der Waals surface area contributed by atoms with Gasteiger partial charge in [-0.15, -0.1) is 0 Å². The van der Waals surface area contributed by atoms with Gasteiger partial charge in [0.25, 0.3) is 5.91 Å². The zero-order valence-corrected chi connectivity index (χ0v) is 12.9. The van der Waals surface area contributed by atoms with Crippen molar-refractivity contribution in [2.24, 2.45) is 0 Å². The first-order chi connectivity index (χ1) is 10.1. The van der Waals surface area contributed by atoms with Gasteiger partial charge in [-0.1, -0.05) is 24.6 Å². The fourth-order valence-corrected chi connectivity index (χ4v) is 2.08. The number of carbonyl (C=O) groups is 1. The number of amides is 1. The fraction of sp³-hybridized carbons (Fsp3) is 0.250. The number of halogens is 1. The number of pyridine rings is 1. The normalized spacial score (nSPS) is 10.2. The maximum Gasteiger partial charge on any atom is 0.258 e. The molecule has 1 aromatic heterocycles. The zero-order chi connectivity index (χ0) is 15.2. The minimum Gasteiger partial charge on any atom is -0.384 e. The van der Waals surface area contributed by atoms with Gasteiger partial charge >= 0.3 is 0 Å². The van der Waals surface area contributed by atoms with Crippen molar-refractivity contribution in [1.82, 2.24) is 4.98 Å². The molecule has 0 atom stereocenters. The first-order valence-corrected chi connectivity index (χ1v) is 7.26. The summed E-state index contributed by atoms with van der Waals surface area (Å²) in [5.41, 5.74) is 2.20. The van der Waals surface area contributed by atoms with Gasteiger partial charge < -0.3 is 10.6 Å². The summed E-state index contributed by atoms with van der Waals surface area (Å²) in [7, 11) is 0. The third-order valence-corrected chi connectivity index (χ3v) is 3.27. The Labute approximate surface area is 129 Å². The molecule has 0 bridgehead atoms. The van der Waals surface area contributed by atoms with Crippen LogP contribution in [0.25, 0.3) is 0 Å². The average Bonchev–Trinajstić information content (AvgIpc) is 2.48. The van der Waals surface area contributed by atoms with E-state index in [4.69, 9.17) is 11.6 Å². The summed E-state index contributed by atoms with van der Waals surface area (Å²) in [6.45, 7) is 4.77. The molecule has 2 rings (SSSR count). The van der Waals surface area contributed by atoms with E-state index >= 15 is 0 Å². The molecule has 2 aromatic rings. The molecule has 21 heavy (non-hydrogen) atoms. The van der Waals surface area contributed by atoms with Crippen molar-refractivity contribution in [2.75, 3.05) is 17.2 Å². The monoisotopic (exact) mass is 303 g/mol. The Hall–Kier alpha value is -2.07.